The number of halogens is 3. The third kappa shape index (κ3) is 2.83. The van der Waals surface area contributed by atoms with Gasteiger partial charge in [-0.15, -0.1) is 6.58 Å². The van der Waals surface area contributed by atoms with Crippen LogP contribution in [0.4, 0.5) is 13.2 Å². The quantitative estimate of drug-likeness (QED) is 0.769. The van der Waals surface area contributed by atoms with Crippen molar-refractivity contribution in [2.45, 2.75) is 18.6 Å². The van der Waals surface area contributed by atoms with Gasteiger partial charge in [0.25, 0.3) is 0 Å². The van der Waals surface area contributed by atoms with Crippen LogP contribution < -0.4 is 5.73 Å². The van der Waals surface area contributed by atoms with E-state index >= 15 is 0 Å². The highest BCUT2D eigenvalue weighted by Gasteiger charge is 2.33. The molecule has 0 amide bonds. The number of alkyl halides is 3. The molecule has 0 saturated heterocycles. The molecule has 1 rings (SSSR count). The second-order valence-corrected chi connectivity index (χ2v) is 3.22. The first-order valence-electron chi connectivity index (χ1n) is 4.49. The Balaban J connectivity index is 3.12. The molecule has 0 aliphatic carbocycles. The Morgan fingerprint density at radius 3 is 2.47 bits per heavy atom. The molecule has 0 saturated carbocycles. The SMILES string of the molecule is C=CC[C@H](N)c1ccccc1C(F)(F)F. The summed E-state index contributed by atoms with van der Waals surface area (Å²) in [5.74, 6) is 0. The highest BCUT2D eigenvalue weighted by molar-refractivity contribution is 5.32. The van der Waals surface area contributed by atoms with Gasteiger partial charge in [-0.2, -0.15) is 13.2 Å². The topological polar surface area (TPSA) is 26.0 Å². The van der Waals surface area contributed by atoms with Crippen LogP contribution in [0.2, 0.25) is 0 Å². The molecule has 15 heavy (non-hydrogen) atoms. The minimum absolute atomic E-state index is 0.116. The lowest BCUT2D eigenvalue weighted by molar-refractivity contribution is -0.138. The Bertz CT molecular complexity index is 344. The summed E-state index contributed by atoms with van der Waals surface area (Å²) in [6, 6.07) is 4.69. The molecule has 0 radical (unpaired) electrons. The van der Waals surface area contributed by atoms with Gasteiger partial charge in [-0.25, -0.2) is 0 Å². The zero-order valence-corrected chi connectivity index (χ0v) is 8.09. The Morgan fingerprint density at radius 2 is 1.93 bits per heavy atom. The van der Waals surface area contributed by atoms with E-state index in [9.17, 15) is 13.2 Å². The van der Waals surface area contributed by atoms with E-state index in [4.69, 9.17) is 5.73 Å². The second kappa shape index (κ2) is 4.49. The average Bonchev–Trinajstić information content (AvgIpc) is 2.17. The Kier molecular flexibility index (Phi) is 3.52. The van der Waals surface area contributed by atoms with Crippen molar-refractivity contribution in [2.24, 2.45) is 5.73 Å². The zero-order valence-electron chi connectivity index (χ0n) is 8.09. The molecule has 0 spiro atoms. The Labute approximate surface area is 86.4 Å². The van der Waals surface area contributed by atoms with Gasteiger partial charge < -0.3 is 5.73 Å². The van der Waals surface area contributed by atoms with Crippen LogP contribution in [0.3, 0.4) is 0 Å². The van der Waals surface area contributed by atoms with Gasteiger partial charge in [0.2, 0.25) is 0 Å². The van der Waals surface area contributed by atoms with Crippen molar-refractivity contribution in [2.75, 3.05) is 0 Å². The zero-order chi connectivity index (χ0) is 11.5. The summed E-state index contributed by atoms with van der Waals surface area (Å²) in [5.41, 5.74) is 5.08. The number of benzene rings is 1. The molecule has 1 atom stereocenters. The van der Waals surface area contributed by atoms with E-state index in [0.29, 0.717) is 6.42 Å². The predicted molar refractivity (Wildman–Crippen MR) is 53.2 cm³/mol. The third-order valence-corrected chi connectivity index (χ3v) is 2.09. The fourth-order valence-corrected chi connectivity index (χ4v) is 1.39. The van der Waals surface area contributed by atoms with Crippen molar-refractivity contribution in [3.63, 3.8) is 0 Å². The normalized spacial score (nSPS) is 13.6. The molecule has 4 heteroatoms. The van der Waals surface area contributed by atoms with E-state index in [-0.39, 0.29) is 5.56 Å². The van der Waals surface area contributed by atoms with Crippen LogP contribution in [0.1, 0.15) is 23.6 Å². The van der Waals surface area contributed by atoms with Crippen LogP contribution in [0, 0.1) is 0 Å². The summed E-state index contributed by atoms with van der Waals surface area (Å²) in [6.07, 6.45) is -2.51. The smallest absolute Gasteiger partial charge is 0.324 e. The Morgan fingerprint density at radius 1 is 1.33 bits per heavy atom. The van der Waals surface area contributed by atoms with Gasteiger partial charge in [0.15, 0.2) is 0 Å². The first-order valence-corrected chi connectivity index (χ1v) is 4.49. The molecule has 2 N–H and O–H groups in total. The fraction of sp³-hybridized carbons (Fsp3) is 0.273. The van der Waals surface area contributed by atoms with Crippen LogP contribution >= 0.6 is 0 Å². The largest absolute Gasteiger partial charge is 0.416 e. The maximum Gasteiger partial charge on any atom is 0.416 e. The molecule has 1 nitrogen and oxygen atoms in total. The predicted octanol–water partition coefficient (Wildman–Crippen LogP) is 3.28. The first kappa shape index (κ1) is 11.8. The maximum absolute atomic E-state index is 12.6. The minimum Gasteiger partial charge on any atom is -0.324 e. The molecule has 0 aliphatic rings. The molecule has 0 bridgehead atoms. The summed E-state index contributed by atoms with van der Waals surface area (Å²) >= 11 is 0. The summed E-state index contributed by atoms with van der Waals surface area (Å²) in [6.45, 7) is 3.46. The van der Waals surface area contributed by atoms with E-state index in [0.717, 1.165) is 6.07 Å². The highest BCUT2D eigenvalue weighted by Crippen LogP contribution is 2.34. The van der Waals surface area contributed by atoms with E-state index < -0.39 is 17.8 Å². The molecule has 0 heterocycles. The standard InChI is InChI=1S/C11H12F3N/c1-2-5-10(15)8-6-3-4-7-9(8)11(12,13)14/h2-4,6-7,10H,1,5,15H2/t10-/m0/s1. The van der Waals surface area contributed by atoms with Crippen LogP contribution in [0.25, 0.3) is 0 Å². The van der Waals surface area contributed by atoms with E-state index in [1.165, 1.54) is 18.2 Å². The molecule has 0 aromatic heterocycles. The van der Waals surface area contributed by atoms with Crippen molar-refractivity contribution in [3.05, 3.63) is 48.0 Å². The fourth-order valence-electron chi connectivity index (χ4n) is 1.39. The summed E-state index contributed by atoms with van der Waals surface area (Å²) in [4.78, 5) is 0. The van der Waals surface area contributed by atoms with Crippen LogP contribution in [-0.2, 0) is 6.18 Å². The van der Waals surface area contributed by atoms with E-state index in [1.807, 2.05) is 0 Å². The number of rotatable bonds is 3. The number of nitrogens with two attached hydrogens (primary N) is 1. The molecule has 82 valence electrons. The van der Waals surface area contributed by atoms with Crippen molar-refractivity contribution in [1.82, 2.24) is 0 Å². The van der Waals surface area contributed by atoms with Gasteiger partial charge in [-0.3, -0.25) is 0 Å². The molecule has 0 fully saturated rings. The van der Waals surface area contributed by atoms with Crippen molar-refractivity contribution in [1.29, 1.82) is 0 Å². The van der Waals surface area contributed by atoms with E-state index in [1.54, 1.807) is 6.07 Å². The molecule has 0 unspecified atom stereocenters. The summed E-state index contributed by atoms with van der Waals surface area (Å²) in [5, 5.41) is 0. The summed E-state index contributed by atoms with van der Waals surface area (Å²) < 4.78 is 37.7. The Hall–Kier alpha value is -1.29. The lowest BCUT2D eigenvalue weighted by Gasteiger charge is -2.16. The van der Waals surface area contributed by atoms with Crippen LogP contribution in [0.15, 0.2) is 36.9 Å². The minimum atomic E-state index is -4.35. The second-order valence-electron chi connectivity index (χ2n) is 3.22. The van der Waals surface area contributed by atoms with Gasteiger partial charge in [-0.05, 0) is 18.1 Å². The third-order valence-electron chi connectivity index (χ3n) is 2.09. The molecule has 1 aromatic rings. The lowest BCUT2D eigenvalue weighted by Crippen LogP contribution is -2.16. The number of hydrogen-bond acceptors (Lipinski definition) is 1. The van der Waals surface area contributed by atoms with Gasteiger partial charge in [0.05, 0.1) is 5.56 Å². The first-order chi connectivity index (χ1) is 6.96. The molecular formula is C11H12F3N. The lowest BCUT2D eigenvalue weighted by atomic mass is 9.98. The van der Waals surface area contributed by atoms with Gasteiger partial charge in [0, 0.05) is 6.04 Å². The molecular weight excluding hydrogens is 203 g/mol. The highest BCUT2D eigenvalue weighted by atomic mass is 19.4. The van der Waals surface area contributed by atoms with Crippen molar-refractivity contribution in [3.8, 4) is 0 Å². The van der Waals surface area contributed by atoms with E-state index in [2.05, 4.69) is 6.58 Å². The molecule has 1 aromatic carbocycles. The maximum atomic E-state index is 12.6. The number of hydrogen-bond donors (Lipinski definition) is 1. The van der Waals surface area contributed by atoms with Gasteiger partial charge in [0.1, 0.15) is 0 Å². The van der Waals surface area contributed by atoms with Gasteiger partial charge in [-0.1, -0.05) is 24.3 Å². The van der Waals surface area contributed by atoms with Crippen molar-refractivity contribution >= 4 is 0 Å². The van der Waals surface area contributed by atoms with Crippen LogP contribution in [0.5, 0.6) is 0 Å². The average molecular weight is 215 g/mol. The monoisotopic (exact) mass is 215 g/mol. The van der Waals surface area contributed by atoms with Crippen molar-refractivity contribution < 1.29 is 13.2 Å². The summed E-state index contributed by atoms with van der Waals surface area (Å²) in [7, 11) is 0. The van der Waals surface area contributed by atoms with Gasteiger partial charge >= 0.3 is 6.18 Å². The molecule has 0 aliphatic heterocycles. The van der Waals surface area contributed by atoms with Crippen LogP contribution in [-0.4, -0.2) is 0 Å².